The second-order valence-corrected chi connectivity index (χ2v) is 8.53. The fourth-order valence-electron chi connectivity index (χ4n) is 4.92. The molecule has 0 aromatic carbocycles. The highest BCUT2D eigenvalue weighted by molar-refractivity contribution is 6.01. The number of primary amides is 1. The number of nitrogens with two attached hydrogens (primary N) is 2. The first-order chi connectivity index (χ1) is 13.6. The van der Waals surface area contributed by atoms with E-state index in [0.29, 0.717) is 12.1 Å². The van der Waals surface area contributed by atoms with Crippen LogP contribution >= 0.6 is 0 Å². The second-order valence-electron chi connectivity index (χ2n) is 8.53. The van der Waals surface area contributed by atoms with Crippen LogP contribution in [0.3, 0.4) is 0 Å². The van der Waals surface area contributed by atoms with Gasteiger partial charge in [0, 0.05) is 37.1 Å². The number of carbonyl (C=O) groups is 4. The first kappa shape index (κ1) is 21.1. The van der Waals surface area contributed by atoms with Crippen molar-refractivity contribution in [2.24, 2.45) is 23.3 Å². The molecule has 158 valence electrons. The molecule has 6 atom stereocenters. The number of aromatic amines is 1. The topological polar surface area (TPSA) is 161 Å². The van der Waals surface area contributed by atoms with Gasteiger partial charge < -0.3 is 21.8 Å². The summed E-state index contributed by atoms with van der Waals surface area (Å²) in [6.07, 6.45) is 3.85. The number of hydrogen-bond acceptors (Lipinski definition) is 6. The number of nitrogens with one attached hydrogen (secondary N) is 2. The molecule has 0 bridgehead atoms. The third-order valence-electron chi connectivity index (χ3n) is 6.89. The minimum Gasteiger partial charge on any atom is -0.348 e. The van der Waals surface area contributed by atoms with E-state index in [0.717, 1.165) is 0 Å². The van der Waals surface area contributed by atoms with E-state index in [1.165, 1.54) is 6.33 Å². The van der Waals surface area contributed by atoms with Crippen molar-refractivity contribution < 1.29 is 23.7 Å². The van der Waals surface area contributed by atoms with E-state index in [1.807, 2.05) is 6.92 Å². The highest BCUT2D eigenvalue weighted by Gasteiger charge is 2.70. The van der Waals surface area contributed by atoms with Gasteiger partial charge in [-0.15, -0.1) is 0 Å². The average molecular weight is 405 g/mol. The first-order valence-corrected chi connectivity index (χ1v) is 9.84. The monoisotopic (exact) mass is 405 g/mol. The summed E-state index contributed by atoms with van der Waals surface area (Å²) in [5, 5.41) is 2.70. The van der Waals surface area contributed by atoms with Crippen LogP contribution in [-0.4, -0.2) is 62.2 Å². The van der Waals surface area contributed by atoms with Gasteiger partial charge >= 0.3 is 11.9 Å². The lowest BCUT2D eigenvalue weighted by Gasteiger charge is -2.44. The molecule has 1 aromatic rings. The maximum Gasteiger partial charge on any atom is 0.422 e. The Hall–Kier alpha value is -2.59. The molecule has 1 aromatic heterocycles. The van der Waals surface area contributed by atoms with E-state index >= 15 is 0 Å². The zero-order valence-electron chi connectivity index (χ0n) is 17.0. The maximum atomic E-state index is 13.7. The number of hydrogen-bond donors (Lipinski definition) is 4. The molecule has 0 saturated carbocycles. The quantitative estimate of drug-likeness (QED) is 0.487. The highest BCUT2D eigenvalue weighted by atomic mass is 16.2. The minimum atomic E-state index is -1.41. The van der Waals surface area contributed by atoms with Crippen LogP contribution in [0.25, 0.3) is 0 Å². The lowest BCUT2D eigenvalue weighted by molar-refractivity contribution is -0.804. The lowest BCUT2D eigenvalue weighted by Crippen LogP contribution is -2.76. The molecule has 3 rings (SSSR count). The number of imide groups is 1. The molecule has 0 aliphatic carbocycles. The van der Waals surface area contributed by atoms with E-state index in [9.17, 15) is 19.2 Å². The number of carbonyl (C=O) groups excluding carboxylic acids is 4. The number of nitrogens with zero attached hydrogens (tertiary/aromatic N) is 2. The van der Waals surface area contributed by atoms with Crippen LogP contribution in [0, 0.1) is 11.8 Å². The molecule has 3 unspecified atom stereocenters. The van der Waals surface area contributed by atoms with Crippen molar-refractivity contribution in [1.82, 2.24) is 15.3 Å². The van der Waals surface area contributed by atoms with Gasteiger partial charge in [0.05, 0.1) is 18.9 Å². The maximum absolute atomic E-state index is 13.7. The molecular formula is C19H29N6O4+. The summed E-state index contributed by atoms with van der Waals surface area (Å²) < 4.78 is -0.832. The molecule has 0 radical (unpaired) electrons. The smallest absolute Gasteiger partial charge is 0.348 e. The number of aromatic nitrogens is 2. The Bertz CT molecular complexity index is 840. The predicted molar refractivity (Wildman–Crippen MR) is 103 cm³/mol. The van der Waals surface area contributed by atoms with Crippen molar-refractivity contribution in [2.75, 3.05) is 6.54 Å². The van der Waals surface area contributed by atoms with Crippen LogP contribution in [0.5, 0.6) is 0 Å². The number of ketones is 1. The van der Waals surface area contributed by atoms with Gasteiger partial charge in [-0.25, -0.2) is 14.6 Å². The van der Waals surface area contributed by atoms with Crippen LogP contribution < -0.4 is 16.8 Å². The number of urea groups is 1. The van der Waals surface area contributed by atoms with Gasteiger partial charge in [0.25, 0.3) is 0 Å². The fraction of sp³-hybridized carbons (Fsp3) is 0.632. The van der Waals surface area contributed by atoms with Crippen LogP contribution in [-0.2, 0) is 20.8 Å². The van der Waals surface area contributed by atoms with E-state index in [4.69, 9.17) is 11.5 Å². The Labute approximate surface area is 169 Å². The summed E-state index contributed by atoms with van der Waals surface area (Å²) in [5.41, 5.74) is 11.2. The van der Waals surface area contributed by atoms with E-state index in [2.05, 4.69) is 15.3 Å². The molecule has 3 heterocycles. The predicted octanol–water partition coefficient (Wildman–Crippen LogP) is -0.406. The van der Waals surface area contributed by atoms with E-state index in [-0.39, 0.29) is 42.9 Å². The summed E-state index contributed by atoms with van der Waals surface area (Å²) in [6.45, 7) is 5.34. The van der Waals surface area contributed by atoms with E-state index in [1.54, 1.807) is 20.0 Å². The lowest BCUT2D eigenvalue weighted by atomic mass is 9.77. The molecule has 4 amide bonds. The summed E-state index contributed by atoms with van der Waals surface area (Å²) in [6, 6.07) is -2.70. The third kappa shape index (κ3) is 3.06. The number of imidazole rings is 1. The fourth-order valence-corrected chi connectivity index (χ4v) is 4.92. The zero-order valence-corrected chi connectivity index (χ0v) is 17.0. The highest BCUT2D eigenvalue weighted by Crippen LogP contribution is 2.45. The summed E-state index contributed by atoms with van der Waals surface area (Å²) >= 11 is 0. The Morgan fingerprint density at radius 2 is 2.07 bits per heavy atom. The van der Waals surface area contributed by atoms with Crippen LogP contribution in [0.2, 0.25) is 0 Å². The van der Waals surface area contributed by atoms with Crippen LogP contribution in [0.1, 0.15) is 39.3 Å². The second kappa shape index (κ2) is 7.34. The number of rotatable bonds is 5. The molecule has 10 nitrogen and oxygen atoms in total. The average Bonchev–Trinajstić information content (AvgIpc) is 3.34. The molecule has 2 aliphatic rings. The van der Waals surface area contributed by atoms with Gasteiger partial charge in [-0.3, -0.25) is 9.59 Å². The van der Waals surface area contributed by atoms with Crippen molar-refractivity contribution in [1.29, 1.82) is 0 Å². The van der Waals surface area contributed by atoms with Gasteiger partial charge in [-0.1, -0.05) is 13.8 Å². The molecular weight excluding hydrogens is 376 g/mol. The van der Waals surface area contributed by atoms with Gasteiger partial charge in [-0.2, -0.15) is 4.48 Å². The number of H-pyrrole nitrogens is 1. The number of amides is 4. The number of quaternary nitrogens is 1. The summed E-state index contributed by atoms with van der Waals surface area (Å²) in [4.78, 5) is 58.6. The molecule has 6 N–H and O–H groups in total. The summed E-state index contributed by atoms with van der Waals surface area (Å²) in [5.74, 6) is -1.69. The van der Waals surface area contributed by atoms with Crippen molar-refractivity contribution in [3.05, 3.63) is 18.2 Å². The van der Waals surface area contributed by atoms with Gasteiger partial charge in [0.15, 0.2) is 5.54 Å². The molecule has 10 heteroatoms. The number of Topliss-reactive ketones (excluding diaryl/α,β-unsaturated/α-hetero) is 1. The first-order valence-electron chi connectivity index (χ1n) is 9.84. The van der Waals surface area contributed by atoms with Gasteiger partial charge in [0.2, 0.25) is 11.7 Å². The Morgan fingerprint density at radius 3 is 2.59 bits per heavy atom. The Balaban J connectivity index is 2.01. The summed E-state index contributed by atoms with van der Waals surface area (Å²) in [7, 11) is 0. The molecule has 29 heavy (non-hydrogen) atoms. The molecule has 0 spiro atoms. The van der Waals surface area contributed by atoms with Crippen molar-refractivity contribution >= 4 is 23.6 Å². The molecule has 2 aliphatic heterocycles. The zero-order chi connectivity index (χ0) is 21.6. The van der Waals surface area contributed by atoms with Crippen LogP contribution in [0.15, 0.2) is 12.5 Å². The van der Waals surface area contributed by atoms with Crippen molar-refractivity contribution in [2.45, 2.75) is 57.7 Å². The SMILES string of the molecule is CC1CC(=O)N[C@@H]1C(=O)[C@@]1(C)C(C)CC[N+]1(C(N)=O)C(=O)[C@@H](N)Cc1cnc[nH]1. The Morgan fingerprint density at radius 1 is 1.38 bits per heavy atom. The molecule has 2 fully saturated rings. The van der Waals surface area contributed by atoms with Crippen molar-refractivity contribution in [3.63, 3.8) is 0 Å². The number of likely N-dealkylation sites (tertiary alicyclic amines) is 1. The van der Waals surface area contributed by atoms with Crippen molar-refractivity contribution in [3.8, 4) is 0 Å². The largest absolute Gasteiger partial charge is 0.422 e. The standard InChI is InChI=1S/C19H28N6O4/c1-10-6-14(26)24-15(10)16(27)19(3)11(2)4-5-25(19,18(21)29)17(28)13(20)7-12-8-22-9-23-12/h8-11,13,15H,4-7,20H2,1-3H3,(H3-,21,22,23,24,26,29)/p+1/t10?,11?,13-,15-,19+,25?/m0/s1. The Kier molecular flexibility index (Phi) is 5.35. The van der Waals surface area contributed by atoms with Crippen LogP contribution in [0.4, 0.5) is 4.79 Å². The van der Waals surface area contributed by atoms with Gasteiger partial charge in [-0.05, 0) is 12.8 Å². The molecule has 2 saturated heterocycles. The third-order valence-corrected chi connectivity index (χ3v) is 6.89. The normalized spacial score (nSPS) is 35.3. The minimum absolute atomic E-state index is 0.100. The van der Waals surface area contributed by atoms with Gasteiger partial charge in [0.1, 0.15) is 6.04 Å². The van der Waals surface area contributed by atoms with E-state index < -0.39 is 34.0 Å².